The summed E-state index contributed by atoms with van der Waals surface area (Å²) in [5, 5.41) is 4.25. The molecule has 2 heterocycles. The van der Waals surface area contributed by atoms with Crippen molar-refractivity contribution in [2.75, 3.05) is 13.7 Å². The van der Waals surface area contributed by atoms with Crippen LogP contribution in [0, 0.1) is 0 Å². The predicted octanol–water partition coefficient (Wildman–Crippen LogP) is 3.51. The highest BCUT2D eigenvalue weighted by atomic mass is 16.5. The van der Waals surface area contributed by atoms with Crippen LogP contribution >= 0.6 is 0 Å². The van der Waals surface area contributed by atoms with E-state index in [1.54, 1.807) is 7.11 Å². The lowest BCUT2D eigenvalue weighted by Crippen LogP contribution is -2.30. The number of aryl methyl sites for hydroxylation is 2. The molecule has 1 fully saturated rings. The summed E-state index contributed by atoms with van der Waals surface area (Å²) in [5.41, 5.74) is 2.45. The Morgan fingerprint density at radius 3 is 2.76 bits per heavy atom. The van der Waals surface area contributed by atoms with Crippen molar-refractivity contribution in [2.45, 2.75) is 44.6 Å². The van der Waals surface area contributed by atoms with Gasteiger partial charge in [-0.25, -0.2) is 0 Å². The van der Waals surface area contributed by atoms with Gasteiger partial charge in [-0.3, -0.25) is 9.48 Å². The van der Waals surface area contributed by atoms with Gasteiger partial charge in [-0.1, -0.05) is 12.1 Å². The van der Waals surface area contributed by atoms with E-state index in [9.17, 15) is 4.79 Å². The molecule has 0 saturated carbocycles. The van der Waals surface area contributed by atoms with E-state index in [-0.39, 0.29) is 11.9 Å². The number of benzene rings is 1. The van der Waals surface area contributed by atoms with Crippen LogP contribution in [0.3, 0.4) is 0 Å². The van der Waals surface area contributed by atoms with Crippen molar-refractivity contribution in [3.8, 4) is 5.75 Å². The number of aromatic nitrogens is 2. The fraction of sp³-hybridized carbons (Fsp3) is 0.500. The second kappa shape index (κ2) is 8.19. The fourth-order valence-electron chi connectivity index (χ4n) is 3.57. The summed E-state index contributed by atoms with van der Waals surface area (Å²) in [4.78, 5) is 14.7. The summed E-state index contributed by atoms with van der Waals surface area (Å²) in [7, 11) is 3.60. The van der Waals surface area contributed by atoms with E-state index < -0.39 is 0 Å². The third kappa shape index (κ3) is 4.41. The van der Waals surface area contributed by atoms with Crippen LogP contribution in [0.4, 0.5) is 0 Å². The van der Waals surface area contributed by atoms with E-state index in [0.717, 1.165) is 50.0 Å². The first kappa shape index (κ1) is 17.5. The third-order valence-electron chi connectivity index (χ3n) is 4.95. The summed E-state index contributed by atoms with van der Waals surface area (Å²) in [6, 6.07) is 8.38. The number of carbonyl (C=O) groups excluding carboxylic acids is 1. The van der Waals surface area contributed by atoms with Gasteiger partial charge in [0.2, 0.25) is 5.91 Å². The van der Waals surface area contributed by atoms with Crippen molar-refractivity contribution in [1.82, 2.24) is 14.7 Å². The minimum Gasteiger partial charge on any atom is -0.497 e. The second-order valence-electron chi connectivity index (χ2n) is 6.75. The first-order chi connectivity index (χ1) is 12.2. The average molecular weight is 341 g/mol. The molecule has 0 N–H and O–H groups in total. The van der Waals surface area contributed by atoms with E-state index in [1.165, 1.54) is 5.56 Å². The van der Waals surface area contributed by atoms with Crippen LogP contribution in [0.15, 0.2) is 36.7 Å². The molecule has 1 saturated heterocycles. The Kier molecular flexibility index (Phi) is 5.74. The number of likely N-dealkylation sites (tertiary alicyclic amines) is 1. The number of hydrogen-bond donors (Lipinski definition) is 0. The van der Waals surface area contributed by atoms with E-state index >= 15 is 0 Å². The molecule has 5 heteroatoms. The molecule has 1 atom stereocenters. The quantitative estimate of drug-likeness (QED) is 0.724. The molecular weight excluding hydrogens is 314 g/mol. The summed E-state index contributed by atoms with van der Waals surface area (Å²) >= 11 is 0. The molecule has 1 aromatic carbocycles. The van der Waals surface area contributed by atoms with Gasteiger partial charge in [0.25, 0.3) is 0 Å². The highest BCUT2D eigenvalue weighted by Crippen LogP contribution is 2.32. The predicted molar refractivity (Wildman–Crippen MR) is 97.4 cm³/mol. The monoisotopic (exact) mass is 341 g/mol. The Hall–Kier alpha value is -2.30. The molecule has 1 unspecified atom stereocenters. The van der Waals surface area contributed by atoms with Gasteiger partial charge in [0.1, 0.15) is 5.75 Å². The molecular formula is C20H27N3O2. The van der Waals surface area contributed by atoms with Gasteiger partial charge >= 0.3 is 0 Å². The van der Waals surface area contributed by atoms with Crippen molar-refractivity contribution in [1.29, 1.82) is 0 Å². The standard InChI is InChI=1S/C20H27N3O2/c1-22-15-17(14-21-22)19-7-5-13-23(19)20(24)8-4-3-6-16-9-11-18(25-2)12-10-16/h9-12,14-15,19H,3-8,13H2,1-2H3. The Bertz CT molecular complexity index is 693. The first-order valence-electron chi connectivity index (χ1n) is 9.08. The molecule has 1 aliphatic rings. The topological polar surface area (TPSA) is 47.4 Å². The van der Waals surface area contributed by atoms with Gasteiger partial charge in [0.15, 0.2) is 0 Å². The van der Waals surface area contributed by atoms with Crippen molar-refractivity contribution in [3.05, 3.63) is 47.8 Å². The minimum atomic E-state index is 0.211. The molecule has 1 amide bonds. The van der Waals surface area contributed by atoms with E-state index in [4.69, 9.17) is 4.74 Å². The SMILES string of the molecule is COc1ccc(CCCCC(=O)N2CCCC2c2cnn(C)c2)cc1. The molecule has 25 heavy (non-hydrogen) atoms. The van der Waals surface area contributed by atoms with E-state index in [0.29, 0.717) is 6.42 Å². The van der Waals surface area contributed by atoms with Crippen LogP contribution in [-0.4, -0.2) is 34.2 Å². The fourth-order valence-corrected chi connectivity index (χ4v) is 3.57. The molecule has 134 valence electrons. The number of nitrogens with zero attached hydrogens (tertiary/aromatic N) is 3. The number of amides is 1. The van der Waals surface area contributed by atoms with Gasteiger partial charge in [-0.2, -0.15) is 5.10 Å². The van der Waals surface area contributed by atoms with Crippen molar-refractivity contribution in [3.63, 3.8) is 0 Å². The summed E-state index contributed by atoms with van der Waals surface area (Å²) < 4.78 is 6.99. The molecule has 1 aromatic heterocycles. The summed E-state index contributed by atoms with van der Waals surface area (Å²) in [6.07, 6.45) is 9.64. The zero-order chi connectivity index (χ0) is 17.6. The summed E-state index contributed by atoms with van der Waals surface area (Å²) in [5.74, 6) is 1.16. The molecule has 0 aliphatic carbocycles. The van der Waals surface area contributed by atoms with Gasteiger partial charge in [0.05, 0.1) is 19.3 Å². The molecule has 0 bridgehead atoms. The molecule has 0 radical (unpaired) electrons. The van der Waals surface area contributed by atoms with Gasteiger partial charge in [-0.05, 0) is 49.8 Å². The van der Waals surface area contributed by atoms with Crippen LogP contribution in [0.25, 0.3) is 0 Å². The number of ether oxygens (including phenoxy) is 1. The third-order valence-corrected chi connectivity index (χ3v) is 4.95. The highest BCUT2D eigenvalue weighted by molar-refractivity contribution is 5.77. The molecule has 2 aromatic rings. The average Bonchev–Trinajstić information content (AvgIpc) is 3.27. The second-order valence-corrected chi connectivity index (χ2v) is 6.75. The van der Waals surface area contributed by atoms with Crippen molar-refractivity contribution in [2.24, 2.45) is 7.05 Å². The maximum atomic E-state index is 12.6. The molecule has 0 spiro atoms. The highest BCUT2D eigenvalue weighted by Gasteiger charge is 2.30. The lowest BCUT2D eigenvalue weighted by Gasteiger charge is -2.24. The molecule has 5 nitrogen and oxygen atoms in total. The Morgan fingerprint density at radius 1 is 1.28 bits per heavy atom. The smallest absolute Gasteiger partial charge is 0.223 e. The van der Waals surface area contributed by atoms with Gasteiger partial charge in [0, 0.05) is 31.8 Å². The Morgan fingerprint density at radius 2 is 2.08 bits per heavy atom. The lowest BCUT2D eigenvalue weighted by atomic mass is 10.1. The lowest BCUT2D eigenvalue weighted by molar-refractivity contribution is -0.132. The Labute approximate surface area is 149 Å². The summed E-state index contributed by atoms with van der Waals surface area (Å²) in [6.45, 7) is 0.872. The number of unbranched alkanes of at least 4 members (excludes halogenated alkanes) is 1. The van der Waals surface area contributed by atoms with Crippen LogP contribution in [0.5, 0.6) is 5.75 Å². The number of methoxy groups -OCH3 is 1. The van der Waals surface area contributed by atoms with Crippen LogP contribution in [0.1, 0.15) is 49.3 Å². The molecule has 1 aliphatic heterocycles. The van der Waals surface area contributed by atoms with Crippen molar-refractivity contribution < 1.29 is 9.53 Å². The number of hydrogen-bond acceptors (Lipinski definition) is 3. The minimum absolute atomic E-state index is 0.211. The van der Waals surface area contributed by atoms with Crippen LogP contribution in [0.2, 0.25) is 0 Å². The maximum Gasteiger partial charge on any atom is 0.223 e. The number of rotatable bonds is 7. The van der Waals surface area contributed by atoms with E-state index in [1.807, 2.05) is 41.2 Å². The first-order valence-corrected chi connectivity index (χ1v) is 9.08. The van der Waals surface area contributed by atoms with E-state index in [2.05, 4.69) is 17.2 Å². The van der Waals surface area contributed by atoms with Gasteiger partial charge in [-0.15, -0.1) is 0 Å². The normalized spacial score (nSPS) is 17.0. The number of carbonyl (C=O) groups is 1. The zero-order valence-electron chi connectivity index (χ0n) is 15.1. The van der Waals surface area contributed by atoms with Gasteiger partial charge < -0.3 is 9.64 Å². The Balaban J connectivity index is 1.45. The van der Waals surface area contributed by atoms with Crippen molar-refractivity contribution >= 4 is 5.91 Å². The zero-order valence-corrected chi connectivity index (χ0v) is 15.1. The maximum absolute atomic E-state index is 12.6. The largest absolute Gasteiger partial charge is 0.497 e. The van der Waals surface area contributed by atoms with Crippen LogP contribution < -0.4 is 4.74 Å². The van der Waals surface area contributed by atoms with Crippen LogP contribution in [-0.2, 0) is 18.3 Å². The molecule has 3 rings (SSSR count).